The Hall–Kier alpha value is -1.64. The first-order chi connectivity index (χ1) is 7.24. The predicted octanol–water partition coefficient (Wildman–Crippen LogP) is 1.79. The molecule has 1 N–H and O–H groups in total. The molecule has 0 heterocycles. The number of Topliss-reactive ketones (excluding diaryl/α,β-unsaturated/α-hetero) is 1. The summed E-state index contributed by atoms with van der Waals surface area (Å²) in [7, 11) is 0. The summed E-state index contributed by atoms with van der Waals surface area (Å²) in [6.45, 7) is 2.07. The highest BCUT2D eigenvalue weighted by atomic mass is 16.2. The average molecular weight is 205 g/mol. The highest BCUT2D eigenvalue weighted by molar-refractivity contribution is 5.96. The number of amides is 1. The predicted molar refractivity (Wildman–Crippen MR) is 58.7 cm³/mol. The van der Waals surface area contributed by atoms with Crippen molar-refractivity contribution in [1.29, 1.82) is 0 Å². The molecule has 80 valence electrons. The van der Waals surface area contributed by atoms with Crippen molar-refractivity contribution >= 4 is 11.7 Å². The first kappa shape index (κ1) is 11.4. The Labute approximate surface area is 89.5 Å². The van der Waals surface area contributed by atoms with Crippen molar-refractivity contribution in [2.24, 2.45) is 0 Å². The Morgan fingerprint density at radius 2 is 1.87 bits per heavy atom. The number of ketones is 1. The third kappa shape index (κ3) is 3.94. The maximum absolute atomic E-state index is 11.5. The molecule has 15 heavy (non-hydrogen) atoms. The zero-order chi connectivity index (χ0) is 11.1. The average Bonchev–Trinajstić information content (AvgIpc) is 2.27. The fourth-order valence-corrected chi connectivity index (χ4v) is 1.24. The second-order valence-electron chi connectivity index (χ2n) is 3.34. The number of hydrogen-bond donors (Lipinski definition) is 1. The van der Waals surface area contributed by atoms with Crippen LogP contribution in [0, 0.1) is 0 Å². The molecule has 3 heteroatoms. The summed E-state index contributed by atoms with van der Waals surface area (Å²) in [5.74, 6) is -0.123. The zero-order valence-corrected chi connectivity index (χ0v) is 8.82. The second kappa shape index (κ2) is 5.96. The van der Waals surface area contributed by atoms with E-state index in [2.05, 4.69) is 5.32 Å². The van der Waals surface area contributed by atoms with Gasteiger partial charge in [-0.25, -0.2) is 0 Å². The van der Waals surface area contributed by atoms with Gasteiger partial charge in [-0.3, -0.25) is 9.59 Å². The van der Waals surface area contributed by atoms with Crippen LogP contribution in [0.2, 0.25) is 0 Å². The molecular formula is C12H15NO2. The summed E-state index contributed by atoms with van der Waals surface area (Å²) >= 11 is 0. The van der Waals surface area contributed by atoms with Crippen molar-refractivity contribution in [1.82, 2.24) is 5.32 Å². The summed E-state index contributed by atoms with van der Waals surface area (Å²) in [6, 6.07) is 8.88. The van der Waals surface area contributed by atoms with E-state index in [1.165, 1.54) is 0 Å². The Balaban J connectivity index is 2.40. The van der Waals surface area contributed by atoms with E-state index in [1.54, 1.807) is 24.3 Å². The highest BCUT2D eigenvalue weighted by Gasteiger charge is 2.06. The van der Waals surface area contributed by atoms with Crippen LogP contribution < -0.4 is 5.32 Å². The molecular weight excluding hydrogens is 190 g/mol. The Morgan fingerprint density at radius 3 is 2.47 bits per heavy atom. The van der Waals surface area contributed by atoms with E-state index in [-0.39, 0.29) is 18.2 Å². The lowest BCUT2D eigenvalue weighted by molar-refractivity contribution is -0.118. The van der Waals surface area contributed by atoms with Gasteiger partial charge in [-0.1, -0.05) is 25.1 Å². The van der Waals surface area contributed by atoms with Crippen LogP contribution in [-0.4, -0.2) is 18.2 Å². The molecule has 0 saturated heterocycles. The molecule has 1 rings (SSSR count). The van der Waals surface area contributed by atoms with E-state index in [0.29, 0.717) is 12.0 Å². The maximum atomic E-state index is 11.5. The molecule has 3 nitrogen and oxygen atoms in total. The van der Waals surface area contributed by atoms with Gasteiger partial charge in [0.25, 0.3) is 5.91 Å². The van der Waals surface area contributed by atoms with Crippen LogP contribution >= 0.6 is 0 Å². The highest BCUT2D eigenvalue weighted by Crippen LogP contribution is 1.97. The monoisotopic (exact) mass is 205 g/mol. The van der Waals surface area contributed by atoms with Crippen molar-refractivity contribution in [3.63, 3.8) is 0 Å². The lowest BCUT2D eigenvalue weighted by Gasteiger charge is -2.03. The molecule has 0 aliphatic rings. The van der Waals surface area contributed by atoms with E-state index in [9.17, 15) is 9.59 Å². The standard InChI is InChI=1S/C12H15NO2/c1-2-6-11(14)9-13-12(15)10-7-4-3-5-8-10/h3-5,7-8H,2,6,9H2,1H3,(H,13,15). The summed E-state index contributed by atoms with van der Waals surface area (Å²) in [6.07, 6.45) is 1.34. The zero-order valence-electron chi connectivity index (χ0n) is 8.82. The molecule has 1 aromatic carbocycles. The topological polar surface area (TPSA) is 46.2 Å². The number of nitrogens with one attached hydrogen (secondary N) is 1. The fraction of sp³-hybridized carbons (Fsp3) is 0.333. The van der Waals surface area contributed by atoms with Gasteiger partial charge in [0.2, 0.25) is 0 Å². The molecule has 0 fully saturated rings. The number of hydrogen-bond acceptors (Lipinski definition) is 2. The largest absolute Gasteiger partial charge is 0.345 e. The fourth-order valence-electron chi connectivity index (χ4n) is 1.24. The summed E-state index contributed by atoms with van der Waals surface area (Å²) in [5.41, 5.74) is 0.585. The van der Waals surface area contributed by atoms with Crippen LogP contribution in [0.3, 0.4) is 0 Å². The summed E-state index contributed by atoms with van der Waals surface area (Å²) in [4.78, 5) is 22.7. The summed E-state index contributed by atoms with van der Waals surface area (Å²) < 4.78 is 0. The summed E-state index contributed by atoms with van der Waals surface area (Å²) in [5, 5.41) is 2.60. The van der Waals surface area contributed by atoms with Gasteiger partial charge in [0.15, 0.2) is 5.78 Å². The molecule has 1 amide bonds. The van der Waals surface area contributed by atoms with E-state index in [4.69, 9.17) is 0 Å². The molecule has 0 aliphatic carbocycles. The molecule has 0 unspecified atom stereocenters. The maximum Gasteiger partial charge on any atom is 0.251 e. The van der Waals surface area contributed by atoms with Crippen LogP contribution in [0.5, 0.6) is 0 Å². The van der Waals surface area contributed by atoms with Crippen LogP contribution in [0.1, 0.15) is 30.1 Å². The van der Waals surface area contributed by atoms with Gasteiger partial charge in [0.1, 0.15) is 0 Å². The van der Waals surface area contributed by atoms with Gasteiger partial charge in [-0.15, -0.1) is 0 Å². The minimum absolute atomic E-state index is 0.0711. The van der Waals surface area contributed by atoms with E-state index >= 15 is 0 Å². The van der Waals surface area contributed by atoms with Gasteiger partial charge in [-0.2, -0.15) is 0 Å². The van der Waals surface area contributed by atoms with Crippen LogP contribution in [-0.2, 0) is 4.79 Å². The van der Waals surface area contributed by atoms with Crippen molar-refractivity contribution in [2.75, 3.05) is 6.54 Å². The third-order valence-electron chi connectivity index (χ3n) is 2.01. The Kier molecular flexibility index (Phi) is 4.54. The SMILES string of the molecule is CCCC(=O)CNC(=O)c1ccccc1. The minimum Gasteiger partial charge on any atom is -0.345 e. The van der Waals surface area contributed by atoms with Crippen LogP contribution in [0.4, 0.5) is 0 Å². The molecule has 0 atom stereocenters. The molecule has 0 saturated carbocycles. The lowest BCUT2D eigenvalue weighted by atomic mass is 10.2. The van der Waals surface area contributed by atoms with Gasteiger partial charge in [-0.05, 0) is 18.6 Å². The lowest BCUT2D eigenvalue weighted by Crippen LogP contribution is -2.29. The van der Waals surface area contributed by atoms with Gasteiger partial charge >= 0.3 is 0 Å². The first-order valence-corrected chi connectivity index (χ1v) is 5.09. The van der Waals surface area contributed by atoms with Crippen molar-refractivity contribution in [3.8, 4) is 0 Å². The van der Waals surface area contributed by atoms with Gasteiger partial charge < -0.3 is 5.32 Å². The van der Waals surface area contributed by atoms with Crippen molar-refractivity contribution in [3.05, 3.63) is 35.9 Å². The number of rotatable bonds is 5. The van der Waals surface area contributed by atoms with Crippen LogP contribution in [0.25, 0.3) is 0 Å². The van der Waals surface area contributed by atoms with Crippen molar-refractivity contribution < 1.29 is 9.59 Å². The first-order valence-electron chi connectivity index (χ1n) is 5.09. The third-order valence-corrected chi connectivity index (χ3v) is 2.01. The van der Waals surface area contributed by atoms with E-state index in [0.717, 1.165) is 6.42 Å². The number of carbonyl (C=O) groups is 2. The van der Waals surface area contributed by atoms with Crippen LogP contribution in [0.15, 0.2) is 30.3 Å². The second-order valence-corrected chi connectivity index (χ2v) is 3.34. The van der Waals surface area contributed by atoms with Crippen molar-refractivity contribution in [2.45, 2.75) is 19.8 Å². The molecule has 0 radical (unpaired) electrons. The smallest absolute Gasteiger partial charge is 0.251 e. The number of carbonyl (C=O) groups excluding carboxylic acids is 2. The van der Waals surface area contributed by atoms with Gasteiger partial charge in [0, 0.05) is 12.0 Å². The van der Waals surface area contributed by atoms with E-state index in [1.807, 2.05) is 13.0 Å². The molecule has 1 aromatic rings. The minimum atomic E-state index is -0.194. The Morgan fingerprint density at radius 1 is 1.20 bits per heavy atom. The van der Waals surface area contributed by atoms with Gasteiger partial charge in [0.05, 0.1) is 6.54 Å². The molecule has 0 bridgehead atoms. The number of benzene rings is 1. The van der Waals surface area contributed by atoms with E-state index < -0.39 is 0 Å². The quantitative estimate of drug-likeness (QED) is 0.796. The Bertz CT molecular complexity index is 333. The molecule has 0 aliphatic heterocycles. The molecule has 0 aromatic heterocycles. The normalized spacial score (nSPS) is 9.67. The molecule has 0 spiro atoms.